The molecular weight excluding hydrogens is 264 g/mol. The first-order chi connectivity index (χ1) is 10.1. The van der Waals surface area contributed by atoms with E-state index in [0.29, 0.717) is 0 Å². The van der Waals surface area contributed by atoms with E-state index in [-0.39, 0.29) is 6.04 Å². The van der Waals surface area contributed by atoms with Crippen molar-refractivity contribution in [2.24, 2.45) is 0 Å². The van der Waals surface area contributed by atoms with E-state index in [1.54, 1.807) is 13.3 Å². The van der Waals surface area contributed by atoms with E-state index in [4.69, 9.17) is 4.74 Å². The summed E-state index contributed by atoms with van der Waals surface area (Å²) in [6.45, 7) is 7.06. The van der Waals surface area contributed by atoms with E-state index in [0.717, 1.165) is 35.8 Å². The number of nitrogens with zero attached hydrogens (tertiary/aromatic N) is 3. The average molecular weight is 288 g/mol. The Morgan fingerprint density at radius 3 is 2.48 bits per heavy atom. The van der Waals surface area contributed by atoms with Crippen LogP contribution in [0.15, 0.2) is 18.3 Å². The summed E-state index contributed by atoms with van der Waals surface area (Å²) in [5, 5.41) is 7.83. The van der Waals surface area contributed by atoms with Gasteiger partial charge in [0.15, 0.2) is 5.75 Å². The Hall–Kier alpha value is -1.88. The number of hydrogen-bond donors (Lipinski definition) is 1. The maximum Gasteiger partial charge on any atom is 0.161 e. The van der Waals surface area contributed by atoms with Crippen LogP contribution < -0.4 is 10.1 Å². The first-order valence-electron chi connectivity index (χ1n) is 7.32. The summed E-state index contributed by atoms with van der Waals surface area (Å²) in [5.74, 6) is 0.815. The number of hydrogen-bond acceptors (Lipinski definition) is 4. The molecule has 0 fully saturated rings. The van der Waals surface area contributed by atoms with Gasteiger partial charge in [-0.1, -0.05) is 6.92 Å². The van der Waals surface area contributed by atoms with Crippen molar-refractivity contribution in [1.82, 2.24) is 20.1 Å². The summed E-state index contributed by atoms with van der Waals surface area (Å²) in [6, 6.07) is 4.25. The predicted molar refractivity (Wildman–Crippen MR) is 83.7 cm³/mol. The second kappa shape index (κ2) is 6.72. The molecule has 2 heterocycles. The quantitative estimate of drug-likeness (QED) is 0.888. The van der Waals surface area contributed by atoms with Gasteiger partial charge in [0.1, 0.15) is 5.69 Å². The van der Waals surface area contributed by atoms with Crippen molar-refractivity contribution in [1.29, 1.82) is 0 Å². The highest BCUT2D eigenvalue weighted by molar-refractivity contribution is 5.37. The molecule has 5 nitrogen and oxygen atoms in total. The molecule has 0 saturated heterocycles. The van der Waals surface area contributed by atoms with E-state index in [1.165, 1.54) is 5.56 Å². The first kappa shape index (κ1) is 15.5. The van der Waals surface area contributed by atoms with Gasteiger partial charge in [0.2, 0.25) is 0 Å². The van der Waals surface area contributed by atoms with Crippen LogP contribution in [0, 0.1) is 13.8 Å². The van der Waals surface area contributed by atoms with Gasteiger partial charge in [-0.3, -0.25) is 9.67 Å². The Morgan fingerprint density at radius 2 is 1.95 bits per heavy atom. The molecule has 0 saturated carbocycles. The van der Waals surface area contributed by atoms with Crippen LogP contribution >= 0.6 is 0 Å². The minimum absolute atomic E-state index is 0.0365. The largest absolute Gasteiger partial charge is 0.493 e. The fourth-order valence-corrected chi connectivity index (χ4v) is 2.71. The molecule has 1 unspecified atom stereocenters. The van der Waals surface area contributed by atoms with Crippen LogP contribution in [0.1, 0.15) is 42.0 Å². The van der Waals surface area contributed by atoms with E-state index in [9.17, 15) is 0 Å². The lowest BCUT2D eigenvalue weighted by molar-refractivity contribution is 0.400. The normalized spacial score (nSPS) is 12.4. The van der Waals surface area contributed by atoms with Gasteiger partial charge in [0.25, 0.3) is 0 Å². The lowest BCUT2D eigenvalue weighted by Gasteiger charge is -2.20. The molecule has 0 bridgehead atoms. The van der Waals surface area contributed by atoms with Crippen LogP contribution in [-0.2, 0) is 6.54 Å². The Kier molecular flexibility index (Phi) is 4.96. The zero-order chi connectivity index (χ0) is 15.4. The van der Waals surface area contributed by atoms with Gasteiger partial charge in [-0.05, 0) is 45.0 Å². The minimum Gasteiger partial charge on any atom is -0.493 e. The van der Waals surface area contributed by atoms with Crippen LogP contribution in [-0.4, -0.2) is 28.9 Å². The van der Waals surface area contributed by atoms with Gasteiger partial charge in [-0.15, -0.1) is 0 Å². The smallest absolute Gasteiger partial charge is 0.161 e. The highest BCUT2D eigenvalue weighted by Gasteiger charge is 2.22. The lowest BCUT2D eigenvalue weighted by Crippen LogP contribution is -2.22. The maximum absolute atomic E-state index is 5.50. The topological polar surface area (TPSA) is 52.0 Å². The summed E-state index contributed by atoms with van der Waals surface area (Å²) in [5.41, 5.74) is 4.28. The maximum atomic E-state index is 5.50. The van der Waals surface area contributed by atoms with Crippen molar-refractivity contribution in [2.75, 3.05) is 14.2 Å². The monoisotopic (exact) mass is 288 g/mol. The molecule has 0 aliphatic carbocycles. The molecule has 1 N–H and O–H groups in total. The van der Waals surface area contributed by atoms with Crippen molar-refractivity contribution in [3.63, 3.8) is 0 Å². The molecule has 2 rings (SSSR count). The van der Waals surface area contributed by atoms with Gasteiger partial charge in [-0.25, -0.2) is 0 Å². The van der Waals surface area contributed by atoms with Crippen LogP contribution in [0.3, 0.4) is 0 Å². The zero-order valence-corrected chi connectivity index (χ0v) is 13.5. The number of nitrogens with one attached hydrogen (secondary N) is 1. The molecule has 21 heavy (non-hydrogen) atoms. The predicted octanol–water partition coefficient (Wildman–Crippen LogP) is 2.62. The number of ether oxygens (including phenoxy) is 1. The summed E-state index contributed by atoms with van der Waals surface area (Å²) < 4.78 is 7.52. The number of rotatable bonds is 6. The molecule has 2 aromatic heterocycles. The average Bonchev–Trinajstić information content (AvgIpc) is 2.82. The molecule has 2 aromatic rings. The molecule has 0 spiro atoms. The molecular formula is C16H24N4O. The Balaban J connectivity index is 2.52. The van der Waals surface area contributed by atoms with Crippen molar-refractivity contribution in [2.45, 2.75) is 39.8 Å². The van der Waals surface area contributed by atoms with Crippen LogP contribution in [0.5, 0.6) is 5.75 Å². The molecule has 114 valence electrons. The number of aryl methyl sites for hydroxylation is 3. The standard InChI is InChI=1S/C16H24N4O/c1-6-7-20-16(14(21-5)10-18-20)15(17-4)13-8-11(2)19-12(3)9-13/h8-10,15,17H,6-7H2,1-5H3. The highest BCUT2D eigenvalue weighted by Crippen LogP contribution is 2.30. The van der Waals surface area contributed by atoms with E-state index in [1.807, 2.05) is 25.6 Å². The molecule has 1 atom stereocenters. The van der Waals surface area contributed by atoms with Crippen molar-refractivity contribution >= 4 is 0 Å². The molecule has 0 radical (unpaired) electrons. The second-order valence-electron chi connectivity index (χ2n) is 5.23. The number of methoxy groups -OCH3 is 1. The lowest BCUT2D eigenvalue weighted by atomic mass is 10.0. The van der Waals surface area contributed by atoms with E-state index >= 15 is 0 Å². The van der Waals surface area contributed by atoms with Crippen molar-refractivity contribution < 1.29 is 4.74 Å². The molecule has 0 aliphatic rings. The fourth-order valence-electron chi connectivity index (χ4n) is 2.71. The second-order valence-corrected chi connectivity index (χ2v) is 5.23. The summed E-state index contributed by atoms with van der Waals surface area (Å²) in [4.78, 5) is 4.45. The third-order valence-electron chi connectivity index (χ3n) is 3.50. The SMILES string of the molecule is CCCn1ncc(OC)c1C(NC)c1cc(C)nc(C)c1. The fraction of sp³-hybridized carbons (Fsp3) is 0.500. The molecule has 0 aliphatic heterocycles. The zero-order valence-electron chi connectivity index (χ0n) is 13.5. The van der Waals surface area contributed by atoms with Crippen molar-refractivity contribution in [3.8, 4) is 5.75 Å². The molecule has 5 heteroatoms. The number of pyridine rings is 1. The van der Waals surface area contributed by atoms with Crippen LogP contribution in [0.2, 0.25) is 0 Å². The third kappa shape index (κ3) is 3.24. The van der Waals surface area contributed by atoms with Gasteiger partial charge in [0, 0.05) is 17.9 Å². The highest BCUT2D eigenvalue weighted by atomic mass is 16.5. The first-order valence-corrected chi connectivity index (χ1v) is 7.32. The van der Waals surface area contributed by atoms with Crippen molar-refractivity contribution in [3.05, 3.63) is 41.0 Å². The molecule has 0 aromatic carbocycles. The minimum atomic E-state index is 0.0365. The van der Waals surface area contributed by atoms with Crippen LogP contribution in [0.4, 0.5) is 0 Å². The van der Waals surface area contributed by atoms with Gasteiger partial charge in [-0.2, -0.15) is 5.10 Å². The molecule has 0 amide bonds. The Labute approximate surface area is 126 Å². The Bertz CT molecular complexity index is 586. The van der Waals surface area contributed by atoms with Crippen LogP contribution in [0.25, 0.3) is 0 Å². The number of aromatic nitrogens is 3. The van der Waals surface area contributed by atoms with Gasteiger partial charge >= 0.3 is 0 Å². The summed E-state index contributed by atoms with van der Waals surface area (Å²) in [7, 11) is 3.64. The summed E-state index contributed by atoms with van der Waals surface area (Å²) >= 11 is 0. The third-order valence-corrected chi connectivity index (χ3v) is 3.50. The van der Waals surface area contributed by atoms with Gasteiger partial charge < -0.3 is 10.1 Å². The summed E-state index contributed by atoms with van der Waals surface area (Å²) in [6.07, 6.45) is 2.82. The van der Waals surface area contributed by atoms with E-state index in [2.05, 4.69) is 34.5 Å². The Morgan fingerprint density at radius 1 is 1.29 bits per heavy atom. The van der Waals surface area contributed by atoms with Gasteiger partial charge in [0.05, 0.1) is 19.3 Å². The van der Waals surface area contributed by atoms with E-state index < -0.39 is 0 Å².